The Hall–Kier alpha value is -1.65. The molecule has 130 valence electrons. The molecule has 1 atom stereocenters. The number of hydrogen-bond donors (Lipinski definition) is 1. The minimum atomic E-state index is 0.290. The molecule has 3 rings (SSSR count). The molecule has 4 nitrogen and oxygen atoms in total. The van der Waals surface area contributed by atoms with E-state index >= 15 is 0 Å². The molecule has 2 aromatic rings. The second kappa shape index (κ2) is 8.45. The fourth-order valence-corrected chi connectivity index (χ4v) is 3.41. The summed E-state index contributed by atoms with van der Waals surface area (Å²) in [6.45, 7) is 7.82. The first-order valence-corrected chi connectivity index (χ1v) is 9.20. The Kier molecular flexibility index (Phi) is 6.05. The first-order valence-electron chi connectivity index (χ1n) is 9.20. The summed E-state index contributed by atoms with van der Waals surface area (Å²) in [4.78, 5) is 6.65. The SMILES string of the molecule is CCc1ccc([C@H](C)NC2CCN(CCc3ccncc3)CC2)o1. The summed E-state index contributed by atoms with van der Waals surface area (Å²) in [5, 5.41) is 3.74. The van der Waals surface area contributed by atoms with Crippen LogP contribution in [0.25, 0.3) is 0 Å². The molecule has 0 aliphatic carbocycles. The number of piperidine rings is 1. The highest BCUT2D eigenvalue weighted by Crippen LogP contribution is 2.20. The lowest BCUT2D eigenvalue weighted by Crippen LogP contribution is -2.43. The van der Waals surface area contributed by atoms with Gasteiger partial charge in [0.15, 0.2) is 0 Å². The highest BCUT2D eigenvalue weighted by Gasteiger charge is 2.21. The number of nitrogens with zero attached hydrogens (tertiary/aromatic N) is 2. The maximum Gasteiger partial charge on any atom is 0.120 e. The van der Waals surface area contributed by atoms with Crippen molar-refractivity contribution in [1.29, 1.82) is 0 Å². The summed E-state index contributed by atoms with van der Waals surface area (Å²) >= 11 is 0. The molecule has 0 saturated carbocycles. The molecule has 0 amide bonds. The Balaban J connectivity index is 1.40. The second-order valence-corrected chi connectivity index (χ2v) is 6.77. The molecule has 0 aromatic carbocycles. The number of rotatable bonds is 7. The van der Waals surface area contributed by atoms with E-state index in [0.29, 0.717) is 12.1 Å². The molecule has 3 heterocycles. The lowest BCUT2D eigenvalue weighted by molar-refractivity contribution is 0.191. The van der Waals surface area contributed by atoms with E-state index in [1.807, 2.05) is 12.4 Å². The number of pyridine rings is 1. The molecule has 1 aliphatic heterocycles. The van der Waals surface area contributed by atoms with Gasteiger partial charge in [-0.05, 0) is 69.1 Å². The van der Waals surface area contributed by atoms with Crippen LogP contribution in [-0.4, -0.2) is 35.6 Å². The Morgan fingerprint density at radius 2 is 1.96 bits per heavy atom. The quantitative estimate of drug-likeness (QED) is 0.844. The van der Waals surface area contributed by atoms with Gasteiger partial charge >= 0.3 is 0 Å². The van der Waals surface area contributed by atoms with Crippen molar-refractivity contribution in [2.75, 3.05) is 19.6 Å². The van der Waals surface area contributed by atoms with Crippen molar-refractivity contribution in [3.8, 4) is 0 Å². The molecule has 1 fully saturated rings. The van der Waals surface area contributed by atoms with Gasteiger partial charge in [0.05, 0.1) is 6.04 Å². The normalized spacial score (nSPS) is 17.9. The molecule has 1 aliphatic rings. The van der Waals surface area contributed by atoms with E-state index < -0.39 is 0 Å². The second-order valence-electron chi connectivity index (χ2n) is 6.77. The predicted molar refractivity (Wildman–Crippen MR) is 97.0 cm³/mol. The van der Waals surface area contributed by atoms with E-state index in [4.69, 9.17) is 4.42 Å². The summed E-state index contributed by atoms with van der Waals surface area (Å²) in [7, 11) is 0. The van der Waals surface area contributed by atoms with Crippen LogP contribution in [0.5, 0.6) is 0 Å². The van der Waals surface area contributed by atoms with Gasteiger partial charge in [0.2, 0.25) is 0 Å². The van der Waals surface area contributed by atoms with Crippen molar-refractivity contribution in [3.63, 3.8) is 0 Å². The molecule has 0 bridgehead atoms. The van der Waals surface area contributed by atoms with E-state index in [9.17, 15) is 0 Å². The molecule has 0 unspecified atom stereocenters. The summed E-state index contributed by atoms with van der Waals surface area (Å²) in [5.74, 6) is 2.14. The van der Waals surface area contributed by atoms with Gasteiger partial charge in [-0.25, -0.2) is 0 Å². The largest absolute Gasteiger partial charge is 0.464 e. The summed E-state index contributed by atoms with van der Waals surface area (Å²) in [5.41, 5.74) is 1.38. The van der Waals surface area contributed by atoms with Gasteiger partial charge in [0.1, 0.15) is 11.5 Å². The smallest absolute Gasteiger partial charge is 0.120 e. The number of hydrogen-bond acceptors (Lipinski definition) is 4. The van der Waals surface area contributed by atoms with E-state index in [0.717, 1.165) is 30.9 Å². The van der Waals surface area contributed by atoms with Gasteiger partial charge in [-0.3, -0.25) is 4.98 Å². The third kappa shape index (κ3) is 4.68. The third-order valence-electron chi connectivity index (χ3n) is 5.00. The average molecular weight is 327 g/mol. The van der Waals surface area contributed by atoms with Crippen LogP contribution in [-0.2, 0) is 12.8 Å². The number of aryl methyl sites for hydroxylation is 1. The fraction of sp³-hybridized carbons (Fsp3) is 0.550. The minimum Gasteiger partial charge on any atom is -0.464 e. The first kappa shape index (κ1) is 17.2. The van der Waals surface area contributed by atoms with Gasteiger partial charge in [-0.2, -0.15) is 0 Å². The maximum atomic E-state index is 5.87. The van der Waals surface area contributed by atoms with Gasteiger partial charge in [0, 0.05) is 31.4 Å². The van der Waals surface area contributed by atoms with Crippen LogP contribution in [0.1, 0.15) is 49.8 Å². The highest BCUT2D eigenvalue weighted by molar-refractivity contribution is 5.11. The molecule has 4 heteroatoms. The summed E-state index contributed by atoms with van der Waals surface area (Å²) in [6.07, 6.45) is 8.26. The first-order chi connectivity index (χ1) is 11.7. The monoisotopic (exact) mass is 327 g/mol. The van der Waals surface area contributed by atoms with Crippen LogP contribution >= 0.6 is 0 Å². The molecule has 1 N–H and O–H groups in total. The van der Waals surface area contributed by atoms with Crippen LogP contribution in [0.3, 0.4) is 0 Å². The molecular formula is C20H29N3O. The van der Waals surface area contributed by atoms with Crippen LogP contribution in [0.2, 0.25) is 0 Å². The van der Waals surface area contributed by atoms with Crippen LogP contribution in [0.4, 0.5) is 0 Å². The van der Waals surface area contributed by atoms with Crippen molar-refractivity contribution in [1.82, 2.24) is 15.2 Å². The summed E-state index contributed by atoms with van der Waals surface area (Å²) < 4.78 is 5.87. The topological polar surface area (TPSA) is 41.3 Å². The van der Waals surface area contributed by atoms with E-state index in [2.05, 4.69) is 53.3 Å². The fourth-order valence-electron chi connectivity index (χ4n) is 3.41. The maximum absolute atomic E-state index is 5.87. The van der Waals surface area contributed by atoms with Gasteiger partial charge in [-0.15, -0.1) is 0 Å². The average Bonchev–Trinajstić information content (AvgIpc) is 3.11. The Bertz CT molecular complexity index is 602. The zero-order valence-electron chi connectivity index (χ0n) is 14.9. The van der Waals surface area contributed by atoms with Crippen LogP contribution < -0.4 is 5.32 Å². The van der Waals surface area contributed by atoms with Crippen LogP contribution in [0, 0.1) is 0 Å². The molecule has 0 spiro atoms. The van der Waals surface area contributed by atoms with E-state index in [1.54, 1.807) is 0 Å². The van der Waals surface area contributed by atoms with Gasteiger partial charge in [-0.1, -0.05) is 6.92 Å². The predicted octanol–water partition coefficient (Wildman–Crippen LogP) is 3.59. The van der Waals surface area contributed by atoms with Crippen molar-refractivity contribution < 1.29 is 4.42 Å². The van der Waals surface area contributed by atoms with Crippen molar-refractivity contribution in [2.45, 2.75) is 51.6 Å². The third-order valence-corrected chi connectivity index (χ3v) is 5.00. The summed E-state index contributed by atoms with van der Waals surface area (Å²) in [6, 6.07) is 9.31. The van der Waals surface area contributed by atoms with Crippen molar-refractivity contribution in [3.05, 3.63) is 53.7 Å². The zero-order chi connectivity index (χ0) is 16.8. The Morgan fingerprint density at radius 3 is 2.62 bits per heavy atom. The zero-order valence-corrected chi connectivity index (χ0v) is 14.9. The Labute approximate surface area is 145 Å². The number of nitrogens with one attached hydrogen (secondary N) is 1. The Morgan fingerprint density at radius 1 is 1.21 bits per heavy atom. The number of furan rings is 1. The molecule has 24 heavy (non-hydrogen) atoms. The molecule has 2 aromatic heterocycles. The molecule has 1 saturated heterocycles. The minimum absolute atomic E-state index is 0.290. The van der Waals surface area contributed by atoms with E-state index in [1.165, 1.54) is 31.5 Å². The van der Waals surface area contributed by atoms with E-state index in [-0.39, 0.29) is 0 Å². The van der Waals surface area contributed by atoms with Gasteiger partial charge < -0.3 is 14.6 Å². The lowest BCUT2D eigenvalue weighted by atomic mass is 10.0. The lowest BCUT2D eigenvalue weighted by Gasteiger charge is -2.33. The van der Waals surface area contributed by atoms with Crippen molar-refractivity contribution >= 4 is 0 Å². The van der Waals surface area contributed by atoms with Gasteiger partial charge in [0.25, 0.3) is 0 Å². The number of likely N-dealkylation sites (tertiary alicyclic amines) is 1. The molecular weight excluding hydrogens is 298 g/mol. The van der Waals surface area contributed by atoms with Crippen molar-refractivity contribution in [2.24, 2.45) is 0 Å². The number of aromatic nitrogens is 1. The standard InChI is InChI=1S/C20H29N3O/c1-3-19-4-5-20(24-19)16(2)22-18-9-14-23(15-10-18)13-8-17-6-11-21-12-7-17/h4-7,11-12,16,18,22H,3,8-10,13-15H2,1-2H3/t16-/m0/s1. The highest BCUT2D eigenvalue weighted by atomic mass is 16.3. The van der Waals surface area contributed by atoms with Crippen LogP contribution in [0.15, 0.2) is 41.1 Å². The molecule has 0 radical (unpaired) electrons.